The lowest BCUT2D eigenvalue weighted by Crippen LogP contribution is -2.43. The third-order valence-corrected chi connectivity index (χ3v) is 2.98. The summed E-state index contributed by atoms with van der Waals surface area (Å²) in [4.78, 5) is 25.0. The summed E-state index contributed by atoms with van der Waals surface area (Å²) in [7, 11) is 1.29. The smallest absolute Gasteiger partial charge is 0.411 e. The van der Waals surface area contributed by atoms with Crippen molar-refractivity contribution in [2.45, 2.75) is 43.6 Å². The lowest BCUT2D eigenvalue weighted by atomic mass is 10.2. The lowest BCUT2D eigenvalue weighted by Gasteiger charge is -2.27. The van der Waals surface area contributed by atoms with E-state index in [1.807, 2.05) is 0 Å². The maximum atomic E-state index is 12.0. The highest BCUT2D eigenvalue weighted by atomic mass is 79.9. The Hall–Kier alpha value is -0.780. The van der Waals surface area contributed by atoms with Crippen LogP contribution in [0.4, 0.5) is 4.79 Å². The summed E-state index contributed by atoms with van der Waals surface area (Å²) in [5, 5.41) is 0. The van der Waals surface area contributed by atoms with Crippen LogP contribution in [0, 0.1) is 0 Å². The van der Waals surface area contributed by atoms with Gasteiger partial charge >= 0.3 is 12.1 Å². The van der Waals surface area contributed by atoms with Crippen molar-refractivity contribution in [1.82, 2.24) is 4.90 Å². The molecule has 1 rings (SSSR count). The third kappa shape index (κ3) is 3.87. The maximum Gasteiger partial charge on any atom is 0.411 e. The van der Waals surface area contributed by atoms with E-state index in [2.05, 4.69) is 20.7 Å². The van der Waals surface area contributed by atoms with E-state index in [0.29, 0.717) is 13.0 Å². The monoisotopic (exact) mass is 308 g/mol. The minimum Gasteiger partial charge on any atom is -0.467 e. The lowest BCUT2D eigenvalue weighted by molar-refractivity contribution is -0.145. The average molecular weight is 309 g/mol. The van der Waals surface area contributed by atoms with Crippen LogP contribution in [0.2, 0.25) is 0 Å². The van der Waals surface area contributed by atoms with Gasteiger partial charge in [0.25, 0.3) is 0 Å². The highest BCUT2D eigenvalue weighted by Gasteiger charge is 2.41. The van der Waals surface area contributed by atoms with Crippen LogP contribution in [0.3, 0.4) is 0 Å². The molecule has 98 valence electrons. The molecular formula is C11H18BrNO4. The van der Waals surface area contributed by atoms with Crippen molar-refractivity contribution in [3.63, 3.8) is 0 Å². The van der Waals surface area contributed by atoms with Gasteiger partial charge in [-0.1, -0.05) is 15.9 Å². The van der Waals surface area contributed by atoms with E-state index in [9.17, 15) is 9.59 Å². The van der Waals surface area contributed by atoms with Gasteiger partial charge in [-0.3, -0.25) is 4.90 Å². The average Bonchev–Trinajstić information content (AvgIpc) is 2.70. The highest BCUT2D eigenvalue weighted by molar-refractivity contribution is 9.09. The number of carbonyl (C=O) groups is 2. The molecule has 6 heteroatoms. The molecule has 0 aliphatic carbocycles. The Bertz CT molecular complexity index is 337. The number of carbonyl (C=O) groups excluding carboxylic acids is 2. The van der Waals surface area contributed by atoms with Crippen molar-refractivity contribution in [1.29, 1.82) is 0 Å². The Morgan fingerprint density at radius 2 is 2.18 bits per heavy atom. The van der Waals surface area contributed by atoms with Crippen LogP contribution in [-0.4, -0.2) is 47.1 Å². The van der Waals surface area contributed by atoms with Crippen molar-refractivity contribution in [3.05, 3.63) is 0 Å². The number of halogens is 1. The number of likely N-dealkylation sites (tertiary alicyclic amines) is 1. The molecular weight excluding hydrogens is 290 g/mol. The molecule has 1 heterocycles. The van der Waals surface area contributed by atoms with Gasteiger partial charge in [-0.25, -0.2) is 9.59 Å². The van der Waals surface area contributed by atoms with E-state index in [0.717, 1.165) is 0 Å². The van der Waals surface area contributed by atoms with E-state index in [-0.39, 0.29) is 11.7 Å². The first kappa shape index (κ1) is 12.7. The van der Waals surface area contributed by atoms with Crippen LogP contribution in [0.25, 0.3) is 0 Å². The standard InChI is InChI=1S/C11H18BrNO4/c1-11(2,3)17-10(15)13-6-7(12)5-8(13)9(14)16-4/h7-8H,5-6H2,1-4H3/t7-,8+/m1/s1/i1D. The van der Waals surface area contributed by atoms with Gasteiger partial charge in [0.15, 0.2) is 0 Å². The summed E-state index contributed by atoms with van der Waals surface area (Å²) < 4.78 is 17.2. The van der Waals surface area contributed by atoms with Gasteiger partial charge < -0.3 is 9.47 Å². The number of hydrogen-bond donors (Lipinski definition) is 0. The zero-order valence-corrected chi connectivity index (χ0v) is 11.8. The van der Waals surface area contributed by atoms with Gasteiger partial charge in [-0.15, -0.1) is 0 Å². The summed E-state index contributed by atoms with van der Waals surface area (Å²) in [5.41, 5.74) is -0.859. The van der Waals surface area contributed by atoms with Crippen LogP contribution in [-0.2, 0) is 14.3 Å². The predicted octanol–water partition coefficient (Wildman–Crippen LogP) is 1.93. The van der Waals surface area contributed by atoms with Gasteiger partial charge in [-0.05, 0) is 27.2 Å². The fourth-order valence-corrected chi connectivity index (χ4v) is 2.31. The zero-order chi connectivity index (χ0) is 13.9. The number of alkyl halides is 1. The molecule has 0 N–H and O–H groups in total. The van der Waals surface area contributed by atoms with E-state index in [1.165, 1.54) is 12.0 Å². The van der Waals surface area contributed by atoms with Crippen molar-refractivity contribution < 1.29 is 20.4 Å². The minimum atomic E-state index is -0.859. The molecule has 2 atom stereocenters. The molecule has 0 unspecified atom stereocenters. The molecule has 1 aliphatic heterocycles. The zero-order valence-electron chi connectivity index (χ0n) is 11.2. The summed E-state index contributed by atoms with van der Waals surface area (Å²) in [6, 6.07) is -0.617. The van der Waals surface area contributed by atoms with E-state index < -0.39 is 23.7 Å². The molecule has 1 saturated heterocycles. The van der Waals surface area contributed by atoms with Gasteiger partial charge in [0.1, 0.15) is 11.6 Å². The first-order chi connectivity index (χ1) is 8.30. The summed E-state index contributed by atoms with van der Waals surface area (Å²) in [6.07, 6.45) is -0.0760. The van der Waals surface area contributed by atoms with Gasteiger partial charge in [-0.2, -0.15) is 0 Å². The minimum absolute atomic E-state index is 0.0345. The van der Waals surface area contributed by atoms with E-state index in [1.54, 1.807) is 13.8 Å². The number of methoxy groups -OCH3 is 1. The second kappa shape index (κ2) is 5.25. The second-order valence-electron chi connectivity index (χ2n) is 4.65. The Kier molecular flexibility index (Phi) is 3.91. The molecule has 5 nitrogen and oxygen atoms in total. The number of hydrogen-bond acceptors (Lipinski definition) is 4. The number of esters is 1. The number of ether oxygens (including phenoxy) is 2. The summed E-state index contributed by atoms with van der Waals surface area (Å²) in [5.74, 6) is -0.447. The largest absolute Gasteiger partial charge is 0.467 e. The number of nitrogens with zero attached hydrogens (tertiary/aromatic N) is 1. The Morgan fingerprint density at radius 1 is 1.53 bits per heavy atom. The van der Waals surface area contributed by atoms with Gasteiger partial charge in [0, 0.05) is 12.7 Å². The molecule has 0 aromatic rings. The second-order valence-corrected chi connectivity index (χ2v) is 5.95. The molecule has 1 aliphatic rings. The SMILES string of the molecule is [2H]CC(C)(C)OC(=O)N1C[C@H](Br)C[C@H]1C(=O)OC. The third-order valence-electron chi connectivity index (χ3n) is 2.32. The number of amides is 1. The topological polar surface area (TPSA) is 55.8 Å². The first-order valence-electron chi connectivity index (χ1n) is 6.02. The van der Waals surface area contributed by atoms with Gasteiger partial charge in [0.05, 0.1) is 7.11 Å². The van der Waals surface area contributed by atoms with Crippen LogP contribution >= 0.6 is 15.9 Å². The highest BCUT2D eigenvalue weighted by Crippen LogP contribution is 2.26. The maximum absolute atomic E-state index is 12.0. The normalized spacial score (nSPS) is 25.4. The van der Waals surface area contributed by atoms with Gasteiger partial charge in [0.2, 0.25) is 0 Å². The predicted molar refractivity (Wildman–Crippen MR) is 66.1 cm³/mol. The van der Waals surface area contributed by atoms with Crippen LogP contribution in [0.5, 0.6) is 0 Å². The molecule has 0 bridgehead atoms. The van der Waals surface area contributed by atoms with Crippen molar-refractivity contribution in [3.8, 4) is 0 Å². The molecule has 0 radical (unpaired) electrons. The van der Waals surface area contributed by atoms with Crippen molar-refractivity contribution in [2.75, 3.05) is 13.7 Å². The van der Waals surface area contributed by atoms with Crippen molar-refractivity contribution >= 4 is 28.0 Å². The molecule has 0 aromatic carbocycles. The van der Waals surface area contributed by atoms with Crippen molar-refractivity contribution in [2.24, 2.45) is 0 Å². The quantitative estimate of drug-likeness (QED) is 0.548. The van der Waals surface area contributed by atoms with Crippen LogP contribution in [0.15, 0.2) is 0 Å². The molecule has 0 saturated carbocycles. The van der Waals surface area contributed by atoms with Crippen LogP contribution in [0.1, 0.15) is 28.5 Å². The van der Waals surface area contributed by atoms with E-state index >= 15 is 0 Å². The number of rotatable bonds is 1. The molecule has 0 spiro atoms. The van der Waals surface area contributed by atoms with Crippen LogP contribution < -0.4 is 0 Å². The molecule has 1 fully saturated rings. The Labute approximate surface area is 111 Å². The van der Waals surface area contributed by atoms with E-state index in [4.69, 9.17) is 6.11 Å². The fourth-order valence-electron chi connectivity index (χ4n) is 1.64. The molecule has 1 amide bonds. The molecule has 17 heavy (non-hydrogen) atoms. The Morgan fingerprint density at radius 3 is 2.71 bits per heavy atom. The molecule has 0 aromatic heterocycles. The first-order valence-corrected chi connectivity index (χ1v) is 6.23. The summed E-state index contributed by atoms with van der Waals surface area (Å²) in [6.45, 7) is 3.68. The Balaban J connectivity index is 2.74. The fraction of sp³-hybridized carbons (Fsp3) is 0.818. The summed E-state index contributed by atoms with van der Waals surface area (Å²) >= 11 is 3.39.